The van der Waals surface area contributed by atoms with Crippen molar-refractivity contribution in [1.82, 2.24) is 5.32 Å². The smallest absolute Gasteiger partial charge is 0.220 e. The van der Waals surface area contributed by atoms with Crippen LogP contribution >= 0.6 is 0 Å². The van der Waals surface area contributed by atoms with Gasteiger partial charge in [0.1, 0.15) is 0 Å². The predicted octanol–water partition coefficient (Wildman–Crippen LogP) is 2.06. The Kier molecular flexibility index (Phi) is 5.81. The summed E-state index contributed by atoms with van der Waals surface area (Å²) in [6.45, 7) is 5.02. The van der Waals surface area contributed by atoms with Crippen LogP contribution in [0.1, 0.15) is 52.4 Å². The standard InChI is InChI=1S/C13H26N2O/c1-3-5-10(2)8-13(16)15-12-7-4-6-11(12)9-14/h10-12H,3-9,14H2,1-2H3,(H,15,16). The fraction of sp³-hybridized carbons (Fsp3) is 0.923. The summed E-state index contributed by atoms with van der Waals surface area (Å²) in [7, 11) is 0. The summed E-state index contributed by atoms with van der Waals surface area (Å²) in [5.41, 5.74) is 5.70. The van der Waals surface area contributed by atoms with Crippen LogP contribution in [0.25, 0.3) is 0 Å². The molecule has 16 heavy (non-hydrogen) atoms. The number of nitrogens with one attached hydrogen (secondary N) is 1. The van der Waals surface area contributed by atoms with Gasteiger partial charge in [0.2, 0.25) is 5.91 Å². The highest BCUT2D eigenvalue weighted by Gasteiger charge is 2.27. The maximum atomic E-state index is 11.8. The van der Waals surface area contributed by atoms with E-state index in [2.05, 4.69) is 19.2 Å². The van der Waals surface area contributed by atoms with Crippen molar-refractivity contribution in [2.24, 2.45) is 17.6 Å². The van der Waals surface area contributed by atoms with Crippen molar-refractivity contribution < 1.29 is 4.79 Å². The maximum absolute atomic E-state index is 11.8. The highest BCUT2D eigenvalue weighted by atomic mass is 16.1. The zero-order chi connectivity index (χ0) is 12.0. The molecule has 1 saturated carbocycles. The number of carbonyl (C=O) groups is 1. The van der Waals surface area contributed by atoms with Gasteiger partial charge in [-0.3, -0.25) is 4.79 Å². The van der Waals surface area contributed by atoms with Crippen molar-refractivity contribution in [2.45, 2.75) is 58.4 Å². The minimum atomic E-state index is 0.214. The summed E-state index contributed by atoms with van der Waals surface area (Å²) in [5, 5.41) is 3.15. The van der Waals surface area contributed by atoms with E-state index < -0.39 is 0 Å². The molecular weight excluding hydrogens is 200 g/mol. The zero-order valence-corrected chi connectivity index (χ0v) is 10.7. The molecule has 0 aliphatic heterocycles. The van der Waals surface area contributed by atoms with Crippen LogP contribution in [-0.4, -0.2) is 18.5 Å². The number of carbonyl (C=O) groups excluding carboxylic acids is 1. The first-order valence-corrected chi connectivity index (χ1v) is 6.66. The summed E-state index contributed by atoms with van der Waals surface area (Å²) < 4.78 is 0. The van der Waals surface area contributed by atoms with Crippen LogP contribution in [0.3, 0.4) is 0 Å². The van der Waals surface area contributed by atoms with Crippen LogP contribution in [-0.2, 0) is 4.79 Å². The van der Waals surface area contributed by atoms with E-state index >= 15 is 0 Å². The molecule has 94 valence electrons. The lowest BCUT2D eigenvalue weighted by Crippen LogP contribution is -2.40. The van der Waals surface area contributed by atoms with E-state index in [0.29, 0.717) is 30.8 Å². The minimum absolute atomic E-state index is 0.214. The average molecular weight is 226 g/mol. The highest BCUT2D eigenvalue weighted by Crippen LogP contribution is 2.24. The lowest BCUT2D eigenvalue weighted by Gasteiger charge is -2.20. The van der Waals surface area contributed by atoms with Crippen LogP contribution in [0, 0.1) is 11.8 Å². The van der Waals surface area contributed by atoms with E-state index in [1.807, 2.05) is 0 Å². The summed E-state index contributed by atoms with van der Waals surface area (Å²) in [4.78, 5) is 11.8. The van der Waals surface area contributed by atoms with Gasteiger partial charge in [0, 0.05) is 12.5 Å². The van der Waals surface area contributed by atoms with Crippen LogP contribution in [0.2, 0.25) is 0 Å². The third-order valence-corrected chi connectivity index (χ3v) is 3.62. The van der Waals surface area contributed by atoms with Gasteiger partial charge in [0.15, 0.2) is 0 Å². The molecule has 3 unspecified atom stereocenters. The Hall–Kier alpha value is -0.570. The molecule has 0 aromatic rings. The molecule has 1 amide bonds. The summed E-state index contributed by atoms with van der Waals surface area (Å²) >= 11 is 0. The molecule has 0 aromatic heterocycles. The molecule has 3 atom stereocenters. The molecule has 0 heterocycles. The molecule has 3 heteroatoms. The predicted molar refractivity (Wildman–Crippen MR) is 67.0 cm³/mol. The summed E-state index contributed by atoms with van der Waals surface area (Å²) in [6, 6.07) is 0.339. The Morgan fingerprint density at radius 1 is 1.50 bits per heavy atom. The van der Waals surface area contributed by atoms with Gasteiger partial charge in [-0.05, 0) is 31.2 Å². The van der Waals surface area contributed by atoms with E-state index in [0.717, 1.165) is 19.3 Å². The minimum Gasteiger partial charge on any atom is -0.353 e. The Bertz CT molecular complexity index is 218. The van der Waals surface area contributed by atoms with Gasteiger partial charge in [-0.1, -0.05) is 33.1 Å². The molecule has 0 bridgehead atoms. The van der Waals surface area contributed by atoms with Crippen LogP contribution in [0.5, 0.6) is 0 Å². The van der Waals surface area contributed by atoms with Crippen molar-refractivity contribution in [1.29, 1.82) is 0 Å². The quantitative estimate of drug-likeness (QED) is 0.728. The molecular formula is C13H26N2O. The lowest BCUT2D eigenvalue weighted by atomic mass is 10.00. The molecule has 0 spiro atoms. The van der Waals surface area contributed by atoms with Gasteiger partial charge in [-0.2, -0.15) is 0 Å². The number of hydrogen-bond acceptors (Lipinski definition) is 2. The summed E-state index contributed by atoms with van der Waals surface area (Å²) in [6.07, 6.45) is 6.45. The third-order valence-electron chi connectivity index (χ3n) is 3.62. The SMILES string of the molecule is CCCC(C)CC(=O)NC1CCCC1CN. The van der Waals surface area contributed by atoms with Crippen molar-refractivity contribution in [3.63, 3.8) is 0 Å². The van der Waals surface area contributed by atoms with E-state index in [-0.39, 0.29) is 5.91 Å². The van der Waals surface area contributed by atoms with Crippen molar-refractivity contribution in [3.05, 3.63) is 0 Å². The van der Waals surface area contributed by atoms with E-state index in [4.69, 9.17) is 5.73 Å². The highest BCUT2D eigenvalue weighted by molar-refractivity contribution is 5.76. The lowest BCUT2D eigenvalue weighted by molar-refractivity contribution is -0.122. The second-order valence-electron chi connectivity index (χ2n) is 5.20. The third kappa shape index (κ3) is 4.12. The average Bonchev–Trinajstić information content (AvgIpc) is 2.65. The molecule has 0 radical (unpaired) electrons. The Morgan fingerprint density at radius 2 is 2.25 bits per heavy atom. The Labute approximate surface area is 99.2 Å². The fourth-order valence-corrected chi connectivity index (χ4v) is 2.69. The van der Waals surface area contributed by atoms with Crippen molar-refractivity contribution >= 4 is 5.91 Å². The van der Waals surface area contributed by atoms with E-state index in [1.54, 1.807) is 0 Å². The molecule has 1 rings (SSSR count). The maximum Gasteiger partial charge on any atom is 0.220 e. The first kappa shape index (κ1) is 13.5. The first-order valence-electron chi connectivity index (χ1n) is 6.66. The second kappa shape index (κ2) is 6.89. The van der Waals surface area contributed by atoms with Gasteiger partial charge >= 0.3 is 0 Å². The molecule has 1 aliphatic rings. The van der Waals surface area contributed by atoms with Crippen LogP contribution < -0.4 is 11.1 Å². The largest absolute Gasteiger partial charge is 0.353 e. The van der Waals surface area contributed by atoms with Crippen molar-refractivity contribution in [3.8, 4) is 0 Å². The zero-order valence-electron chi connectivity index (χ0n) is 10.7. The van der Waals surface area contributed by atoms with E-state index in [1.165, 1.54) is 12.8 Å². The number of rotatable bonds is 6. The van der Waals surface area contributed by atoms with E-state index in [9.17, 15) is 4.79 Å². The molecule has 3 N–H and O–H groups in total. The first-order chi connectivity index (χ1) is 7.67. The number of hydrogen-bond donors (Lipinski definition) is 2. The molecule has 0 aromatic carbocycles. The van der Waals surface area contributed by atoms with Crippen LogP contribution in [0.15, 0.2) is 0 Å². The molecule has 0 saturated heterocycles. The normalized spacial score (nSPS) is 26.7. The summed E-state index contributed by atoms with van der Waals surface area (Å²) in [5.74, 6) is 1.22. The van der Waals surface area contributed by atoms with Gasteiger partial charge in [0.25, 0.3) is 0 Å². The monoisotopic (exact) mass is 226 g/mol. The number of nitrogens with two attached hydrogens (primary N) is 1. The van der Waals surface area contributed by atoms with Gasteiger partial charge in [-0.15, -0.1) is 0 Å². The molecule has 1 fully saturated rings. The second-order valence-corrected chi connectivity index (χ2v) is 5.20. The number of amides is 1. The Morgan fingerprint density at radius 3 is 2.88 bits per heavy atom. The fourth-order valence-electron chi connectivity index (χ4n) is 2.69. The van der Waals surface area contributed by atoms with Gasteiger partial charge in [0.05, 0.1) is 0 Å². The van der Waals surface area contributed by atoms with Gasteiger partial charge in [-0.25, -0.2) is 0 Å². The molecule has 1 aliphatic carbocycles. The van der Waals surface area contributed by atoms with Crippen molar-refractivity contribution in [2.75, 3.05) is 6.54 Å². The molecule has 3 nitrogen and oxygen atoms in total. The van der Waals surface area contributed by atoms with Gasteiger partial charge < -0.3 is 11.1 Å². The topological polar surface area (TPSA) is 55.1 Å². The Balaban J connectivity index is 2.28. The van der Waals surface area contributed by atoms with Crippen LogP contribution in [0.4, 0.5) is 0 Å².